The first-order chi connectivity index (χ1) is 7.37. The second-order valence-corrected chi connectivity index (χ2v) is 2.84. The van der Waals surface area contributed by atoms with E-state index in [-0.39, 0.29) is 0 Å². The van der Waals surface area contributed by atoms with Gasteiger partial charge in [0.05, 0.1) is 0 Å². The van der Waals surface area contributed by atoms with E-state index in [1.807, 2.05) is 0 Å². The zero-order valence-electron chi connectivity index (χ0n) is 8.00. The third-order valence-corrected chi connectivity index (χ3v) is 1.40. The largest absolute Gasteiger partial charge is 0.460 e. The maximum Gasteiger partial charge on any atom is 0.427 e. The number of alkyl halides is 8. The molecule has 0 aromatic carbocycles. The summed E-state index contributed by atoms with van der Waals surface area (Å²) < 4.78 is 98.8. The Bertz CT molecular complexity index is 272. The van der Waals surface area contributed by atoms with Crippen LogP contribution in [0.1, 0.15) is 0 Å². The highest BCUT2D eigenvalue weighted by Crippen LogP contribution is 2.33. The zero-order chi connectivity index (χ0) is 14.0. The molecule has 0 aliphatic rings. The van der Waals surface area contributed by atoms with E-state index in [9.17, 15) is 35.1 Å². The molecule has 0 bridgehead atoms. The topological polar surface area (TPSA) is 9.23 Å². The monoisotopic (exact) mass is 270 g/mol. The lowest BCUT2D eigenvalue weighted by molar-refractivity contribution is -0.187. The summed E-state index contributed by atoms with van der Waals surface area (Å²) in [6.07, 6.45) is -18.2. The van der Waals surface area contributed by atoms with Crippen LogP contribution < -0.4 is 0 Å². The van der Waals surface area contributed by atoms with Gasteiger partial charge in [-0.3, -0.25) is 0 Å². The van der Waals surface area contributed by atoms with Crippen LogP contribution in [0.3, 0.4) is 0 Å². The summed E-state index contributed by atoms with van der Waals surface area (Å²) >= 11 is 0. The van der Waals surface area contributed by atoms with Gasteiger partial charge in [0.1, 0.15) is 11.5 Å². The van der Waals surface area contributed by atoms with E-state index in [1.165, 1.54) is 0 Å². The fourth-order valence-corrected chi connectivity index (χ4v) is 0.637. The summed E-state index contributed by atoms with van der Waals surface area (Å²) in [5.74, 6) is -3.43. The van der Waals surface area contributed by atoms with E-state index in [0.29, 0.717) is 0 Å². The Kier molecular flexibility index (Phi) is 4.55. The first-order valence-corrected chi connectivity index (χ1v) is 3.84. The lowest BCUT2D eigenvalue weighted by atomic mass is 10.3. The molecule has 0 spiro atoms. The Labute approximate surface area is 90.4 Å². The molecule has 0 aromatic heterocycles. The summed E-state index contributed by atoms with van der Waals surface area (Å²) in [5, 5.41) is 0. The Morgan fingerprint density at radius 2 is 1.00 bits per heavy atom. The Balaban J connectivity index is 4.57. The number of ether oxygens (including phenoxy) is 1. The normalized spacial score (nSPS) is 16.2. The molecule has 0 rings (SSSR count). The molecule has 0 aliphatic carbocycles. The van der Waals surface area contributed by atoms with Crippen LogP contribution in [-0.4, -0.2) is 24.7 Å². The third kappa shape index (κ3) is 4.61. The van der Waals surface area contributed by atoms with Crippen molar-refractivity contribution in [1.82, 2.24) is 0 Å². The van der Waals surface area contributed by atoms with Crippen LogP contribution in [0, 0.1) is 0 Å². The summed E-state index contributed by atoms with van der Waals surface area (Å²) in [7, 11) is 0. The third-order valence-electron chi connectivity index (χ3n) is 1.40. The standard InChI is InChI=1S/C8H6F8O/c1-3(5(9)7(11,12)13)17-4(2)6(10)8(14,15)16/h5-6H,1-2H2. The van der Waals surface area contributed by atoms with Crippen LogP contribution in [0.15, 0.2) is 24.7 Å². The molecule has 0 saturated carbocycles. The molecule has 0 aromatic rings. The van der Waals surface area contributed by atoms with Gasteiger partial charge in [0.2, 0.25) is 0 Å². The molecule has 2 atom stereocenters. The molecule has 0 heterocycles. The predicted octanol–water partition coefficient (Wildman–Crippen LogP) is 3.83. The quantitative estimate of drug-likeness (QED) is 0.557. The maximum absolute atomic E-state index is 12.4. The van der Waals surface area contributed by atoms with E-state index >= 15 is 0 Å². The Morgan fingerprint density at radius 1 is 0.765 bits per heavy atom. The van der Waals surface area contributed by atoms with Gasteiger partial charge >= 0.3 is 12.4 Å². The van der Waals surface area contributed by atoms with Crippen LogP contribution in [0.5, 0.6) is 0 Å². The average Bonchev–Trinajstić information content (AvgIpc) is 2.12. The highest BCUT2D eigenvalue weighted by atomic mass is 19.4. The van der Waals surface area contributed by atoms with E-state index in [2.05, 4.69) is 17.9 Å². The molecule has 0 aliphatic heterocycles. The van der Waals surface area contributed by atoms with E-state index < -0.39 is 36.2 Å². The molecular formula is C8H6F8O. The number of hydrogen-bond donors (Lipinski definition) is 0. The lowest BCUT2D eigenvalue weighted by Gasteiger charge is -2.19. The van der Waals surface area contributed by atoms with Crippen molar-refractivity contribution in [2.45, 2.75) is 24.7 Å². The second kappa shape index (κ2) is 4.92. The molecular weight excluding hydrogens is 264 g/mol. The minimum atomic E-state index is -5.40. The lowest BCUT2D eigenvalue weighted by Crippen LogP contribution is -2.30. The molecule has 100 valence electrons. The van der Waals surface area contributed by atoms with Gasteiger partial charge in [-0.25, -0.2) is 8.78 Å². The number of allylic oxidation sites excluding steroid dienone is 2. The maximum atomic E-state index is 12.4. The van der Waals surface area contributed by atoms with Gasteiger partial charge in [0.25, 0.3) is 12.3 Å². The van der Waals surface area contributed by atoms with E-state index in [0.717, 1.165) is 0 Å². The molecule has 9 heteroatoms. The van der Waals surface area contributed by atoms with E-state index in [4.69, 9.17) is 0 Å². The molecule has 17 heavy (non-hydrogen) atoms. The van der Waals surface area contributed by atoms with Crippen LogP contribution in [-0.2, 0) is 4.74 Å². The minimum Gasteiger partial charge on any atom is -0.460 e. The molecule has 1 nitrogen and oxygen atoms in total. The van der Waals surface area contributed by atoms with Crippen LogP contribution in [0.25, 0.3) is 0 Å². The van der Waals surface area contributed by atoms with Crippen molar-refractivity contribution in [2.24, 2.45) is 0 Å². The van der Waals surface area contributed by atoms with Crippen molar-refractivity contribution >= 4 is 0 Å². The van der Waals surface area contributed by atoms with Crippen LogP contribution >= 0.6 is 0 Å². The highest BCUT2D eigenvalue weighted by molar-refractivity contribution is 5.06. The van der Waals surface area contributed by atoms with Gasteiger partial charge in [-0.05, 0) is 0 Å². The number of halogens is 8. The predicted molar refractivity (Wildman–Crippen MR) is 41.3 cm³/mol. The van der Waals surface area contributed by atoms with Crippen LogP contribution in [0.2, 0.25) is 0 Å². The molecule has 0 saturated heterocycles. The van der Waals surface area contributed by atoms with Gasteiger partial charge in [-0.15, -0.1) is 0 Å². The van der Waals surface area contributed by atoms with Crippen molar-refractivity contribution < 1.29 is 39.9 Å². The first-order valence-electron chi connectivity index (χ1n) is 3.84. The van der Waals surface area contributed by atoms with Gasteiger partial charge < -0.3 is 4.74 Å². The highest BCUT2D eigenvalue weighted by Gasteiger charge is 2.46. The van der Waals surface area contributed by atoms with Crippen molar-refractivity contribution in [3.8, 4) is 0 Å². The summed E-state index contributed by atoms with van der Waals surface area (Å²) in [4.78, 5) is 0. The van der Waals surface area contributed by atoms with Crippen molar-refractivity contribution in [1.29, 1.82) is 0 Å². The Morgan fingerprint density at radius 3 is 1.18 bits per heavy atom. The second-order valence-electron chi connectivity index (χ2n) is 2.84. The van der Waals surface area contributed by atoms with Crippen molar-refractivity contribution in [2.75, 3.05) is 0 Å². The average molecular weight is 270 g/mol. The van der Waals surface area contributed by atoms with Gasteiger partial charge in [-0.2, -0.15) is 26.3 Å². The van der Waals surface area contributed by atoms with Crippen LogP contribution in [0.4, 0.5) is 35.1 Å². The van der Waals surface area contributed by atoms with Gasteiger partial charge in [-0.1, -0.05) is 13.2 Å². The minimum absolute atomic E-state index is 1.71. The fourth-order valence-electron chi connectivity index (χ4n) is 0.637. The molecule has 2 unspecified atom stereocenters. The molecule has 0 amide bonds. The number of hydrogen-bond acceptors (Lipinski definition) is 1. The van der Waals surface area contributed by atoms with Gasteiger partial charge in [0, 0.05) is 0 Å². The zero-order valence-corrected chi connectivity index (χ0v) is 8.00. The van der Waals surface area contributed by atoms with Gasteiger partial charge in [0.15, 0.2) is 0 Å². The Hall–Kier alpha value is -1.28. The van der Waals surface area contributed by atoms with Crippen molar-refractivity contribution in [3.63, 3.8) is 0 Å². The van der Waals surface area contributed by atoms with E-state index in [1.54, 1.807) is 0 Å². The molecule has 0 radical (unpaired) electrons. The number of rotatable bonds is 4. The summed E-state index contributed by atoms with van der Waals surface area (Å²) in [6, 6.07) is 0. The molecule has 0 N–H and O–H groups in total. The summed E-state index contributed by atoms with van der Waals surface area (Å²) in [6.45, 7) is 4.83. The smallest absolute Gasteiger partial charge is 0.427 e. The fraction of sp³-hybridized carbons (Fsp3) is 0.500. The first kappa shape index (κ1) is 15.7. The molecule has 0 fully saturated rings. The SMILES string of the molecule is C=C(OC(=C)C(F)C(F)(F)F)C(F)C(F)(F)F. The summed E-state index contributed by atoms with van der Waals surface area (Å²) in [5.41, 5.74) is 0. The van der Waals surface area contributed by atoms with Crippen molar-refractivity contribution in [3.05, 3.63) is 24.7 Å².